The number of hydrogen-bond acceptors (Lipinski definition) is 5. The van der Waals surface area contributed by atoms with Gasteiger partial charge in [-0.3, -0.25) is 4.79 Å². The van der Waals surface area contributed by atoms with E-state index in [1.807, 2.05) is 61.5 Å². The van der Waals surface area contributed by atoms with Gasteiger partial charge in [-0.15, -0.1) is 0 Å². The quantitative estimate of drug-likeness (QED) is 0.192. The molecule has 164 valence electrons. The van der Waals surface area contributed by atoms with Gasteiger partial charge >= 0.3 is 5.97 Å². The Morgan fingerprint density at radius 1 is 0.875 bits per heavy atom. The van der Waals surface area contributed by atoms with Gasteiger partial charge in [0.15, 0.2) is 5.78 Å². The van der Waals surface area contributed by atoms with E-state index in [1.165, 1.54) is 6.92 Å². The number of methoxy groups -OCH3 is 1. The molecular formula is C27H26O5. The first-order chi connectivity index (χ1) is 15.5. The predicted octanol–water partition coefficient (Wildman–Crippen LogP) is 5.58. The van der Waals surface area contributed by atoms with Crippen LogP contribution < -0.4 is 9.47 Å². The van der Waals surface area contributed by atoms with Gasteiger partial charge in [0.1, 0.15) is 18.1 Å². The highest BCUT2D eigenvalue weighted by molar-refractivity contribution is 6.21. The van der Waals surface area contributed by atoms with Crippen molar-refractivity contribution in [2.45, 2.75) is 20.5 Å². The van der Waals surface area contributed by atoms with Gasteiger partial charge in [-0.1, -0.05) is 48.5 Å². The summed E-state index contributed by atoms with van der Waals surface area (Å²) in [5.41, 5.74) is 3.06. The van der Waals surface area contributed by atoms with E-state index in [0.717, 1.165) is 11.1 Å². The lowest BCUT2D eigenvalue weighted by Gasteiger charge is -2.14. The van der Waals surface area contributed by atoms with Crippen LogP contribution in [0.25, 0.3) is 11.6 Å². The van der Waals surface area contributed by atoms with Crippen LogP contribution >= 0.6 is 0 Å². The summed E-state index contributed by atoms with van der Waals surface area (Å²) < 4.78 is 16.7. The number of rotatable bonds is 9. The van der Waals surface area contributed by atoms with Gasteiger partial charge in [0.05, 0.1) is 19.3 Å². The second-order valence-corrected chi connectivity index (χ2v) is 7.05. The Kier molecular flexibility index (Phi) is 7.81. The molecule has 0 radical (unpaired) electrons. The predicted molar refractivity (Wildman–Crippen MR) is 125 cm³/mol. The standard InChI is InChI=1S/C27H26O5/c1-4-31-26-15-14-21(19(2)28)16-23(26)18-32-27(29)24(20-10-6-5-7-11-20)17-22-12-8-9-13-25(22)30-3/h5-17H,4,18H2,1-3H3/b24-17+. The van der Waals surface area contributed by atoms with Crippen molar-refractivity contribution in [1.29, 1.82) is 0 Å². The molecule has 0 aliphatic heterocycles. The van der Waals surface area contributed by atoms with Crippen molar-refractivity contribution in [3.63, 3.8) is 0 Å². The van der Waals surface area contributed by atoms with Crippen LogP contribution in [0.4, 0.5) is 0 Å². The molecule has 0 bridgehead atoms. The maximum absolute atomic E-state index is 13.2. The van der Waals surface area contributed by atoms with Crippen LogP contribution in [0.2, 0.25) is 0 Å². The summed E-state index contributed by atoms with van der Waals surface area (Å²) in [6.45, 7) is 3.81. The van der Waals surface area contributed by atoms with Gasteiger partial charge < -0.3 is 14.2 Å². The minimum absolute atomic E-state index is 0.0224. The molecule has 0 unspecified atom stereocenters. The highest BCUT2D eigenvalue weighted by Gasteiger charge is 2.17. The van der Waals surface area contributed by atoms with Crippen LogP contribution in [0.5, 0.6) is 11.5 Å². The van der Waals surface area contributed by atoms with E-state index in [2.05, 4.69) is 0 Å². The Morgan fingerprint density at radius 3 is 2.28 bits per heavy atom. The second-order valence-electron chi connectivity index (χ2n) is 7.05. The van der Waals surface area contributed by atoms with E-state index in [1.54, 1.807) is 31.4 Å². The number of ketones is 1. The molecule has 0 saturated heterocycles. The van der Waals surface area contributed by atoms with E-state index < -0.39 is 5.97 Å². The van der Waals surface area contributed by atoms with Crippen LogP contribution in [-0.4, -0.2) is 25.5 Å². The molecule has 0 aromatic heterocycles. The number of ether oxygens (including phenoxy) is 3. The zero-order valence-corrected chi connectivity index (χ0v) is 18.5. The topological polar surface area (TPSA) is 61.8 Å². The molecule has 3 aromatic rings. The number of carbonyl (C=O) groups excluding carboxylic acids is 2. The van der Waals surface area contributed by atoms with Crippen molar-refractivity contribution in [2.24, 2.45) is 0 Å². The minimum Gasteiger partial charge on any atom is -0.496 e. The summed E-state index contributed by atoms with van der Waals surface area (Å²) in [5, 5.41) is 0. The fraction of sp³-hybridized carbons (Fsp3) is 0.185. The van der Waals surface area contributed by atoms with Gasteiger partial charge in [-0.05, 0) is 49.8 Å². The molecule has 3 aromatic carbocycles. The summed E-state index contributed by atoms with van der Waals surface area (Å²) in [7, 11) is 1.59. The zero-order valence-electron chi connectivity index (χ0n) is 18.5. The van der Waals surface area contributed by atoms with Crippen LogP contribution in [-0.2, 0) is 16.1 Å². The van der Waals surface area contributed by atoms with E-state index in [-0.39, 0.29) is 12.4 Å². The average molecular weight is 431 g/mol. The smallest absolute Gasteiger partial charge is 0.339 e. The summed E-state index contributed by atoms with van der Waals surface area (Å²) in [6.07, 6.45) is 1.76. The van der Waals surface area contributed by atoms with Crippen molar-refractivity contribution < 1.29 is 23.8 Å². The fourth-order valence-electron chi connectivity index (χ4n) is 3.25. The number of hydrogen-bond donors (Lipinski definition) is 0. The molecule has 0 saturated carbocycles. The largest absolute Gasteiger partial charge is 0.496 e. The minimum atomic E-state index is -0.488. The van der Waals surface area contributed by atoms with Crippen LogP contribution in [0, 0.1) is 0 Å². The van der Waals surface area contributed by atoms with Gasteiger partial charge in [0.2, 0.25) is 0 Å². The fourth-order valence-corrected chi connectivity index (χ4v) is 3.25. The summed E-state index contributed by atoms with van der Waals surface area (Å²) in [4.78, 5) is 25.0. The average Bonchev–Trinajstić information content (AvgIpc) is 2.82. The lowest BCUT2D eigenvalue weighted by Crippen LogP contribution is -2.09. The maximum Gasteiger partial charge on any atom is 0.339 e. The van der Waals surface area contributed by atoms with E-state index in [4.69, 9.17) is 14.2 Å². The molecule has 3 rings (SSSR count). The Hall–Kier alpha value is -3.86. The van der Waals surface area contributed by atoms with Gasteiger partial charge in [0, 0.05) is 16.7 Å². The lowest BCUT2D eigenvalue weighted by atomic mass is 10.0. The van der Waals surface area contributed by atoms with Gasteiger partial charge in [-0.2, -0.15) is 0 Å². The SMILES string of the molecule is CCOc1ccc(C(C)=O)cc1COC(=O)/C(=C/c1ccccc1OC)c1ccccc1. The first kappa shape index (κ1) is 22.8. The molecule has 0 aliphatic rings. The molecule has 0 aliphatic carbocycles. The van der Waals surface area contributed by atoms with Crippen LogP contribution in [0.15, 0.2) is 72.8 Å². The highest BCUT2D eigenvalue weighted by atomic mass is 16.5. The van der Waals surface area contributed by atoms with Crippen LogP contribution in [0.3, 0.4) is 0 Å². The number of carbonyl (C=O) groups is 2. The van der Waals surface area contributed by atoms with Gasteiger partial charge in [0.25, 0.3) is 0 Å². The third-order valence-corrected chi connectivity index (χ3v) is 4.87. The third kappa shape index (κ3) is 5.64. The Balaban J connectivity index is 1.93. The molecule has 0 heterocycles. The van der Waals surface area contributed by atoms with E-state index in [0.29, 0.717) is 34.8 Å². The molecular weight excluding hydrogens is 404 g/mol. The Labute approximate surface area is 188 Å². The molecule has 0 fully saturated rings. The number of benzene rings is 3. The monoisotopic (exact) mass is 430 g/mol. The molecule has 0 spiro atoms. The van der Waals surface area contributed by atoms with Crippen molar-refractivity contribution >= 4 is 23.4 Å². The highest BCUT2D eigenvalue weighted by Crippen LogP contribution is 2.27. The number of esters is 1. The molecule has 5 nitrogen and oxygen atoms in total. The van der Waals surface area contributed by atoms with Crippen LogP contribution in [0.1, 0.15) is 40.9 Å². The van der Waals surface area contributed by atoms with Crippen molar-refractivity contribution in [1.82, 2.24) is 0 Å². The Bertz CT molecular complexity index is 1120. The van der Waals surface area contributed by atoms with Gasteiger partial charge in [-0.25, -0.2) is 4.79 Å². The molecule has 0 N–H and O–H groups in total. The first-order valence-corrected chi connectivity index (χ1v) is 10.4. The number of Topliss-reactive ketones (excluding diaryl/α,β-unsaturated/α-hetero) is 1. The second kappa shape index (κ2) is 11.0. The first-order valence-electron chi connectivity index (χ1n) is 10.4. The Morgan fingerprint density at radius 2 is 1.59 bits per heavy atom. The van der Waals surface area contributed by atoms with E-state index in [9.17, 15) is 9.59 Å². The molecule has 32 heavy (non-hydrogen) atoms. The molecule has 5 heteroatoms. The summed E-state index contributed by atoms with van der Waals surface area (Å²) in [5.74, 6) is 0.682. The molecule has 0 amide bonds. The lowest BCUT2D eigenvalue weighted by molar-refractivity contribution is -0.137. The summed E-state index contributed by atoms with van der Waals surface area (Å²) >= 11 is 0. The van der Waals surface area contributed by atoms with Crippen molar-refractivity contribution in [2.75, 3.05) is 13.7 Å². The zero-order chi connectivity index (χ0) is 22.9. The summed E-state index contributed by atoms with van der Waals surface area (Å²) in [6, 6.07) is 21.9. The van der Waals surface area contributed by atoms with Crippen molar-refractivity contribution in [3.05, 3.63) is 95.1 Å². The maximum atomic E-state index is 13.2. The van der Waals surface area contributed by atoms with Crippen molar-refractivity contribution in [3.8, 4) is 11.5 Å². The normalized spacial score (nSPS) is 11.0. The third-order valence-electron chi connectivity index (χ3n) is 4.87. The molecule has 0 atom stereocenters. The number of para-hydroxylation sites is 1. The van der Waals surface area contributed by atoms with E-state index >= 15 is 0 Å².